The summed E-state index contributed by atoms with van der Waals surface area (Å²) in [5.74, 6) is 5.60. The van der Waals surface area contributed by atoms with Crippen molar-refractivity contribution in [3.8, 4) is 11.8 Å². The van der Waals surface area contributed by atoms with Gasteiger partial charge in [-0.1, -0.05) is 30.2 Å². The van der Waals surface area contributed by atoms with Gasteiger partial charge >= 0.3 is 0 Å². The lowest BCUT2D eigenvalue weighted by molar-refractivity contribution is -0.126. The lowest BCUT2D eigenvalue weighted by Gasteiger charge is -2.33. The molecule has 5 heteroatoms. The second-order valence-corrected chi connectivity index (χ2v) is 6.38. The van der Waals surface area contributed by atoms with E-state index in [0.29, 0.717) is 13.1 Å². The normalized spacial score (nSPS) is 14.8. The Morgan fingerprint density at radius 2 is 1.77 bits per heavy atom. The molecule has 2 aromatic heterocycles. The predicted molar refractivity (Wildman–Crippen MR) is 100 cm³/mol. The number of imidazole rings is 1. The molecule has 3 aromatic rings. The van der Waals surface area contributed by atoms with E-state index >= 15 is 0 Å². The van der Waals surface area contributed by atoms with E-state index in [4.69, 9.17) is 0 Å². The van der Waals surface area contributed by atoms with Crippen molar-refractivity contribution in [1.82, 2.24) is 19.2 Å². The highest BCUT2D eigenvalue weighted by Gasteiger charge is 2.20. The third kappa shape index (κ3) is 3.76. The van der Waals surface area contributed by atoms with Crippen molar-refractivity contribution in [2.24, 2.45) is 0 Å². The molecule has 0 atom stereocenters. The Balaban J connectivity index is 1.32. The fourth-order valence-electron chi connectivity index (χ4n) is 3.13. The molecule has 0 saturated carbocycles. The van der Waals surface area contributed by atoms with Crippen LogP contribution in [0.15, 0.2) is 60.9 Å². The molecule has 3 heterocycles. The van der Waals surface area contributed by atoms with Crippen LogP contribution in [0.2, 0.25) is 0 Å². The maximum atomic E-state index is 12.3. The molecule has 0 radical (unpaired) electrons. The third-order valence-electron chi connectivity index (χ3n) is 4.55. The minimum atomic E-state index is -0.0961. The van der Waals surface area contributed by atoms with Gasteiger partial charge in [-0.05, 0) is 24.3 Å². The van der Waals surface area contributed by atoms with E-state index in [0.717, 1.165) is 36.5 Å². The summed E-state index contributed by atoms with van der Waals surface area (Å²) in [5, 5.41) is 0. The van der Waals surface area contributed by atoms with Gasteiger partial charge in [0.15, 0.2) is 0 Å². The number of pyridine rings is 1. The predicted octanol–water partition coefficient (Wildman–Crippen LogP) is 2.03. The molecule has 130 valence electrons. The van der Waals surface area contributed by atoms with Crippen molar-refractivity contribution in [2.75, 3.05) is 26.2 Å². The van der Waals surface area contributed by atoms with Crippen LogP contribution in [-0.2, 0) is 11.3 Å². The minimum Gasteiger partial charge on any atom is -0.329 e. The maximum Gasteiger partial charge on any atom is 0.298 e. The number of amides is 1. The molecule has 4 rings (SSSR count). The topological polar surface area (TPSA) is 40.9 Å². The van der Waals surface area contributed by atoms with Crippen LogP contribution in [0.3, 0.4) is 0 Å². The number of piperazine rings is 1. The fourth-order valence-corrected chi connectivity index (χ4v) is 3.13. The monoisotopic (exact) mass is 344 g/mol. The molecule has 1 aliphatic rings. The summed E-state index contributed by atoms with van der Waals surface area (Å²) in [6.45, 7) is 3.89. The average Bonchev–Trinajstić information content (AvgIpc) is 3.10. The van der Waals surface area contributed by atoms with Gasteiger partial charge in [-0.15, -0.1) is 0 Å². The lowest BCUT2D eigenvalue weighted by atomic mass is 10.2. The van der Waals surface area contributed by atoms with Gasteiger partial charge in [-0.2, -0.15) is 0 Å². The fraction of sp³-hybridized carbons (Fsp3) is 0.238. The summed E-state index contributed by atoms with van der Waals surface area (Å²) in [6, 6.07) is 15.6. The van der Waals surface area contributed by atoms with Gasteiger partial charge in [0.25, 0.3) is 5.91 Å². The quantitative estimate of drug-likeness (QED) is 0.668. The molecule has 0 N–H and O–H groups in total. The molecular formula is C21H20N4O. The van der Waals surface area contributed by atoms with Crippen LogP contribution < -0.4 is 0 Å². The van der Waals surface area contributed by atoms with Crippen LogP contribution in [-0.4, -0.2) is 51.3 Å². The first kappa shape index (κ1) is 16.4. The second-order valence-electron chi connectivity index (χ2n) is 6.38. The number of rotatable bonds is 2. The van der Waals surface area contributed by atoms with Crippen LogP contribution in [0.25, 0.3) is 5.65 Å². The van der Waals surface area contributed by atoms with Crippen LogP contribution in [0.1, 0.15) is 11.3 Å². The largest absolute Gasteiger partial charge is 0.329 e. The Kier molecular flexibility index (Phi) is 4.67. The van der Waals surface area contributed by atoms with E-state index in [-0.39, 0.29) is 5.91 Å². The molecule has 1 fully saturated rings. The second kappa shape index (κ2) is 7.42. The zero-order chi connectivity index (χ0) is 17.8. The summed E-state index contributed by atoms with van der Waals surface area (Å²) in [4.78, 5) is 21.1. The Morgan fingerprint density at radius 3 is 2.54 bits per heavy atom. The van der Waals surface area contributed by atoms with Crippen LogP contribution in [0, 0.1) is 11.8 Å². The zero-order valence-corrected chi connectivity index (χ0v) is 14.5. The van der Waals surface area contributed by atoms with E-state index in [1.165, 1.54) is 0 Å². The maximum absolute atomic E-state index is 12.3. The highest BCUT2D eigenvalue weighted by Crippen LogP contribution is 2.10. The van der Waals surface area contributed by atoms with E-state index < -0.39 is 0 Å². The van der Waals surface area contributed by atoms with Gasteiger partial charge < -0.3 is 9.30 Å². The SMILES string of the molecule is O=C(C#Cc1ccccc1)N1CCN(Cc2cn3ccccc3n2)CC1. The molecule has 0 spiro atoms. The highest BCUT2D eigenvalue weighted by atomic mass is 16.2. The van der Waals surface area contributed by atoms with Crippen LogP contribution >= 0.6 is 0 Å². The summed E-state index contributed by atoms with van der Waals surface area (Å²) in [6.07, 6.45) is 4.08. The minimum absolute atomic E-state index is 0.0961. The number of carbonyl (C=O) groups excluding carboxylic acids is 1. The number of benzene rings is 1. The lowest BCUT2D eigenvalue weighted by Crippen LogP contribution is -2.48. The van der Waals surface area contributed by atoms with Crippen molar-refractivity contribution in [2.45, 2.75) is 6.54 Å². The number of carbonyl (C=O) groups is 1. The third-order valence-corrected chi connectivity index (χ3v) is 4.55. The standard InChI is InChI=1S/C21H20N4O/c26-21(10-9-18-6-2-1-3-7-18)24-14-12-23(13-15-24)16-19-17-25-11-5-4-8-20(25)22-19/h1-8,11,17H,12-16H2. The van der Waals surface area contributed by atoms with Crippen molar-refractivity contribution in [3.63, 3.8) is 0 Å². The summed E-state index contributed by atoms with van der Waals surface area (Å²) < 4.78 is 2.04. The summed E-state index contributed by atoms with van der Waals surface area (Å²) in [5.41, 5.74) is 2.89. The zero-order valence-electron chi connectivity index (χ0n) is 14.5. The molecule has 0 unspecified atom stereocenters. The number of nitrogens with zero attached hydrogens (tertiary/aromatic N) is 4. The molecule has 5 nitrogen and oxygen atoms in total. The Hall–Kier alpha value is -3.10. The van der Waals surface area contributed by atoms with Gasteiger partial charge in [-0.3, -0.25) is 9.69 Å². The van der Waals surface area contributed by atoms with Gasteiger partial charge in [0.1, 0.15) is 5.65 Å². The van der Waals surface area contributed by atoms with Crippen molar-refractivity contribution in [1.29, 1.82) is 0 Å². The van der Waals surface area contributed by atoms with E-state index in [1.807, 2.05) is 64.0 Å². The molecule has 1 aliphatic heterocycles. The Bertz CT molecular complexity index is 927. The van der Waals surface area contributed by atoms with E-state index in [2.05, 4.69) is 27.9 Å². The average molecular weight is 344 g/mol. The first-order chi connectivity index (χ1) is 12.8. The van der Waals surface area contributed by atoms with Gasteiger partial charge in [0.05, 0.1) is 5.69 Å². The first-order valence-electron chi connectivity index (χ1n) is 8.79. The highest BCUT2D eigenvalue weighted by molar-refractivity contribution is 5.94. The number of hydrogen-bond acceptors (Lipinski definition) is 3. The molecular weight excluding hydrogens is 324 g/mol. The van der Waals surface area contributed by atoms with Crippen molar-refractivity contribution in [3.05, 3.63) is 72.2 Å². The molecule has 26 heavy (non-hydrogen) atoms. The van der Waals surface area contributed by atoms with Gasteiger partial charge in [0.2, 0.25) is 0 Å². The molecule has 1 saturated heterocycles. The number of aromatic nitrogens is 2. The Labute approximate surface area is 152 Å². The van der Waals surface area contributed by atoms with Crippen LogP contribution in [0.4, 0.5) is 0 Å². The van der Waals surface area contributed by atoms with Crippen molar-refractivity contribution < 1.29 is 4.79 Å². The molecule has 0 aliphatic carbocycles. The van der Waals surface area contributed by atoms with Crippen LogP contribution in [0.5, 0.6) is 0 Å². The smallest absolute Gasteiger partial charge is 0.298 e. The Morgan fingerprint density at radius 1 is 1.00 bits per heavy atom. The van der Waals surface area contributed by atoms with Gasteiger partial charge in [0, 0.05) is 56.6 Å². The first-order valence-corrected chi connectivity index (χ1v) is 8.79. The number of fused-ring (bicyclic) bond motifs is 1. The van der Waals surface area contributed by atoms with Crippen molar-refractivity contribution >= 4 is 11.6 Å². The number of hydrogen-bond donors (Lipinski definition) is 0. The van der Waals surface area contributed by atoms with E-state index in [1.54, 1.807) is 0 Å². The molecule has 1 aromatic carbocycles. The molecule has 0 bridgehead atoms. The molecule has 1 amide bonds. The summed E-state index contributed by atoms with van der Waals surface area (Å²) >= 11 is 0. The van der Waals surface area contributed by atoms with E-state index in [9.17, 15) is 4.79 Å². The summed E-state index contributed by atoms with van der Waals surface area (Å²) in [7, 11) is 0. The van der Waals surface area contributed by atoms with Gasteiger partial charge in [-0.25, -0.2) is 4.98 Å².